The molecule has 2 aromatic heterocycles. The fourth-order valence-electron chi connectivity index (χ4n) is 2.78. The molecular formula is C19H16FN5O. The summed E-state index contributed by atoms with van der Waals surface area (Å²) in [5.74, 6) is -0.330. The normalized spacial score (nSPS) is 11.2. The van der Waals surface area contributed by atoms with Gasteiger partial charge in [0.1, 0.15) is 12.1 Å². The van der Waals surface area contributed by atoms with Crippen LogP contribution in [0.5, 0.6) is 0 Å². The van der Waals surface area contributed by atoms with Gasteiger partial charge in [-0.2, -0.15) is 0 Å². The van der Waals surface area contributed by atoms with Crippen molar-refractivity contribution in [2.75, 3.05) is 0 Å². The Morgan fingerprint density at radius 2 is 1.81 bits per heavy atom. The Bertz CT molecular complexity index is 1130. The van der Waals surface area contributed by atoms with Crippen molar-refractivity contribution in [3.8, 4) is 0 Å². The van der Waals surface area contributed by atoms with Gasteiger partial charge in [0, 0.05) is 5.56 Å². The van der Waals surface area contributed by atoms with Crippen LogP contribution in [0.25, 0.3) is 11.2 Å². The number of rotatable bonds is 4. The quantitative estimate of drug-likeness (QED) is 0.568. The molecule has 7 heteroatoms. The van der Waals surface area contributed by atoms with Crippen LogP contribution in [0.3, 0.4) is 0 Å². The lowest BCUT2D eigenvalue weighted by Gasteiger charge is -2.06. The van der Waals surface area contributed by atoms with Crippen LogP contribution in [-0.4, -0.2) is 24.5 Å². The number of hydrogen-bond acceptors (Lipinski definition) is 4. The number of benzene rings is 2. The zero-order valence-electron chi connectivity index (χ0n) is 14.1. The van der Waals surface area contributed by atoms with Crippen LogP contribution in [-0.2, 0) is 13.1 Å². The van der Waals surface area contributed by atoms with Crippen LogP contribution in [0.4, 0.5) is 4.39 Å². The van der Waals surface area contributed by atoms with Crippen molar-refractivity contribution in [1.29, 1.82) is 0 Å². The second kappa shape index (κ2) is 6.51. The molecule has 0 spiro atoms. The van der Waals surface area contributed by atoms with Gasteiger partial charge in [0.25, 0.3) is 5.56 Å². The molecule has 6 nitrogen and oxygen atoms in total. The fraction of sp³-hybridized carbons (Fsp3) is 0.158. The highest BCUT2D eigenvalue weighted by Crippen LogP contribution is 2.11. The molecule has 26 heavy (non-hydrogen) atoms. The van der Waals surface area contributed by atoms with E-state index in [-0.39, 0.29) is 23.4 Å². The van der Waals surface area contributed by atoms with Crippen LogP contribution in [0.1, 0.15) is 16.7 Å². The van der Waals surface area contributed by atoms with Gasteiger partial charge in [-0.25, -0.2) is 14.1 Å². The molecule has 0 N–H and O–H groups in total. The van der Waals surface area contributed by atoms with Gasteiger partial charge in [-0.3, -0.25) is 9.36 Å². The minimum Gasteiger partial charge on any atom is -0.293 e. The van der Waals surface area contributed by atoms with Gasteiger partial charge in [-0.05, 0) is 18.6 Å². The van der Waals surface area contributed by atoms with Gasteiger partial charge >= 0.3 is 0 Å². The summed E-state index contributed by atoms with van der Waals surface area (Å²) >= 11 is 0. The maximum atomic E-state index is 13.8. The first-order valence-corrected chi connectivity index (χ1v) is 8.19. The Hall–Kier alpha value is -3.35. The van der Waals surface area contributed by atoms with Gasteiger partial charge in [0.05, 0.1) is 13.1 Å². The number of aromatic nitrogens is 5. The SMILES string of the molecule is Cc1ccc(Cn2cnc3c(nnn3Cc3ccccc3F)c2=O)cc1. The molecule has 0 bridgehead atoms. The van der Waals surface area contributed by atoms with Gasteiger partial charge in [-0.1, -0.05) is 53.2 Å². The zero-order valence-corrected chi connectivity index (χ0v) is 14.1. The minimum absolute atomic E-state index is 0.164. The number of aryl methyl sites for hydroxylation is 1. The van der Waals surface area contributed by atoms with E-state index in [0.717, 1.165) is 11.1 Å². The molecule has 2 aromatic carbocycles. The van der Waals surface area contributed by atoms with Crippen LogP contribution >= 0.6 is 0 Å². The lowest BCUT2D eigenvalue weighted by Crippen LogP contribution is -2.21. The average molecular weight is 349 g/mol. The summed E-state index contributed by atoms with van der Waals surface area (Å²) in [6.45, 7) is 2.58. The summed E-state index contributed by atoms with van der Waals surface area (Å²) in [5, 5.41) is 7.93. The first-order valence-electron chi connectivity index (χ1n) is 8.19. The summed E-state index contributed by atoms with van der Waals surface area (Å²) in [6, 6.07) is 14.4. The summed E-state index contributed by atoms with van der Waals surface area (Å²) in [5.41, 5.74) is 2.87. The average Bonchev–Trinajstić information content (AvgIpc) is 3.05. The summed E-state index contributed by atoms with van der Waals surface area (Å²) in [7, 11) is 0. The first-order chi connectivity index (χ1) is 12.6. The molecule has 0 saturated heterocycles. The van der Waals surface area contributed by atoms with Crippen LogP contribution < -0.4 is 5.56 Å². The van der Waals surface area contributed by atoms with Crippen molar-refractivity contribution in [2.45, 2.75) is 20.0 Å². The molecule has 0 unspecified atom stereocenters. The summed E-state index contributed by atoms with van der Waals surface area (Å²) in [6.07, 6.45) is 1.48. The molecule has 0 radical (unpaired) electrons. The summed E-state index contributed by atoms with van der Waals surface area (Å²) < 4.78 is 16.8. The van der Waals surface area contributed by atoms with Crippen LogP contribution in [0, 0.1) is 12.7 Å². The van der Waals surface area contributed by atoms with E-state index in [1.165, 1.54) is 21.6 Å². The Labute approximate surface area is 148 Å². The molecule has 0 aliphatic heterocycles. The highest BCUT2D eigenvalue weighted by atomic mass is 19.1. The molecule has 0 aliphatic rings. The molecule has 2 heterocycles. The summed E-state index contributed by atoms with van der Waals surface area (Å²) in [4.78, 5) is 17.0. The number of hydrogen-bond donors (Lipinski definition) is 0. The maximum absolute atomic E-state index is 13.8. The smallest absolute Gasteiger partial charge is 0.283 e. The van der Waals surface area contributed by atoms with E-state index in [9.17, 15) is 9.18 Å². The lowest BCUT2D eigenvalue weighted by atomic mass is 10.1. The van der Waals surface area contributed by atoms with E-state index in [0.29, 0.717) is 17.8 Å². The third-order valence-corrected chi connectivity index (χ3v) is 4.24. The topological polar surface area (TPSA) is 65.6 Å². The maximum Gasteiger partial charge on any atom is 0.283 e. The molecule has 0 saturated carbocycles. The second-order valence-electron chi connectivity index (χ2n) is 6.17. The number of nitrogens with zero attached hydrogens (tertiary/aromatic N) is 5. The standard InChI is InChI=1S/C19H16FN5O/c1-13-6-8-14(9-7-13)10-24-12-21-18-17(19(24)26)22-23-25(18)11-15-4-2-3-5-16(15)20/h2-9,12H,10-11H2,1H3. The third kappa shape index (κ3) is 2.99. The molecule has 0 aliphatic carbocycles. The Morgan fingerprint density at radius 1 is 1.04 bits per heavy atom. The number of fused-ring (bicyclic) bond motifs is 1. The Balaban J connectivity index is 1.68. The highest BCUT2D eigenvalue weighted by Gasteiger charge is 2.13. The van der Waals surface area contributed by atoms with Crippen molar-refractivity contribution in [1.82, 2.24) is 24.5 Å². The van der Waals surface area contributed by atoms with Gasteiger partial charge in [0.15, 0.2) is 11.2 Å². The third-order valence-electron chi connectivity index (χ3n) is 4.24. The Morgan fingerprint density at radius 3 is 2.58 bits per heavy atom. The monoisotopic (exact) mass is 349 g/mol. The zero-order chi connectivity index (χ0) is 18.1. The van der Waals surface area contributed by atoms with Crippen molar-refractivity contribution in [2.24, 2.45) is 0 Å². The predicted molar refractivity (Wildman–Crippen MR) is 95.4 cm³/mol. The van der Waals surface area contributed by atoms with E-state index in [1.807, 2.05) is 31.2 Å². The predicted octanol–water partition coefficient (Wildman–Crippen LogP) is 2.53. The van der Waals surface area contributed by atoms with Crippen LogP contribution in [0.2, 0.25) is 0 Å². The van der Waals surface area contributed by atoms with Crippen molar-refractivity contribution in [3.05, 3.63) is 87.7 Å². The van der Waals surface area contributed by atoms with E-state index in [4.69, 9.17) is 0 Å². The van der Waals surface area contributed by atoms with Crippen molar-refractivity contribution in [3.63, 3.8) is 0 Å². The molecule has 4 aromatic rings. The van der Waals surface area contributed by atoms with Crippen molar-refractivity contribution < 1.29 is 4.39 Å². The number of halogens is 1. The van der Waals surface area contributed by atoms with E-state index in [2.05, 4.69) is 15.3 Å². The van der Waals surface area contributed by atoms with E-state index >= 15 is 0 Å². The van der Waals surface area contributed by atoms with E-state index < -0.39 is 0 Å². The van der Waals surface area contributed by atoms with Crippen molar-refractivity contribution >= 4 is 11.2 Å². The molecule has 4 rings (SSSR count). The second-order valence-corrected chi connectivity index (χ2v) is 6.17. The molecule has 0 amide bonds. The van der Waals surface area contributed by atoms with Gasteiger partial charge in [0.2, 0.25) is 0 Å². The first kappa shape index (κ1) is 16.1. The van der Waals surface area contributed by atoms with Crippen LogP contribution in [0.15, 0.2) is 59.7 Å². The molecule has 0 fully saturated rings. The highest BCUT2D eigenvalue weighted by molar-refractivity contribution is 5.67. The molecule has 130 valence electrons. The molecule has 0 atom stereocenters. The minimum atomic E-state index is -0.330. The largest absolute Gasteiger partial charge is 0.293 e. The van der Waals surface area contributed by atoms with Gasteiger partial charge < -0.3 is 0 Å². The Kier molecular flexibility index (Phi) is 4.04. The fourth-order valence-corrected chi connectivity index (χ4v) is 2.78. The van der Waals surface area contributed by atoms with Gasteiger partial charge in [-0.15, -0.1) is 5.10 Å². The molecular weight excluding hydrogens is 333 g/mol. The lowest BCUT2D eigenvalue weighted by molar-refractivity contribution is 0.582. The van der Waals surface area contributed by atoms with E-state index in [1.54, 1.807) is 18.2 Å².